The Bertz CT molecular complexity index is 945. The van der Waals surface area contributed by atoms with Gasteiger partial charge in [0, 0.05) is 28.4 Å². The van der Waals surface area contributed by atoms with Crippen LogP contribution in [0, 0.1) is 6.92 Å². The number of anilines is 1. The van der Waals surface area contributed by atoms with Crippen LogP contribution >= 0.6 is 23.1 Å². The first-order valence-corrected chi connectivity index (χ1v) is 11.6. The Balaban J connectivity index is 1.70. The Kier molecular flexibility index (Phi) is 6.40. The predicted octanol–water partition coefficient (Wildman–Crippen LogP) is 5.05. The van der Waals surface area contributed by atoms with Crippen molar-refractivity contribution in [1.82, 2.24) is 4.90 Å². The summed E-state index contributed by atoms with van der Waals surface area (Å²) in [6.45, 7) is 5.22. The Morgan fingerprint density at radius 3 is 2.62 bits per heavy atom. The summed E-state index contributed by atoms with van der Waals surface area (Å²) in [6.07, 6.45) is 3.60. The second-order valence-corrected chi connectivity index (χ2v) is 9.03. The standard InChI is InChI=1S/C22H24N2O3S2/c1-15-14-18(22(29-15)23-21(25)19-4-3-11-27-19)20(24-9-12-26-13-10-24)16-5-7-17(28-2)8-6-16/h3-8,11,14,20H,9-10,12-13H2,1-2H3,(H,23,25). The number of thioether (sulfide) groups is 1. The quantitative estimate of drug-likeness (QED) is 0.557. The molecule has 0 bridgehead atoms. The molecule has 1 aliphatic heterocycles. The highest BCUT2D eigenvalue weighted by Crippen LogP contribution is 2.39. The molecule has 1 aromatic carbocycles. The molecule has 152 valence electrons. The maximum absolute atomic E-state index is 12.6. The minimum Gasteiger partial charge on any atom is -0.459 e. The van der Waals surface area contributed by atoms with Gasteiger partial charge in [0.15, 0.2) is 5.76 Å². The van der Waals surface area contributed by atoms with Crippen molar-refractivity contribution in [2.45, 2.75) is 17.9 Å². The van der Waals surface area contributed by atoms with Crippen molar-refractivity contribution in [3.05, 3.63) is 70.5 Å². The predicted molar refractivity (Wildman–Crippen MR) is 118 cm³/mol. The molecule has 1 unspecified atom stereocenters. The summed E-state index contributed by atoms with van der Waals surface area (Å²) in [5, 5.41) is 3.94. The number of carbonyl (C=O) groups excluding carboxylic acids is 1. The van der Waals surface area contributed by atoms with Gasteiger partial charge in [-0.05, 0) is 49.1 Å². The number of hydrogen-bond donors (Lipinski definition) is 1. The van der Waals surface area contributed by atoms with Crippen molar-refractivity contribution in [1.29, 1.82) is 0 Å². The molecule has 1 saturated heterocycles. The number of ether oxygens (including phenoxy) is 1. The molecule has 2 aromatic heterocycles. The van der Waals surface area contributed by atoms with E-state index in [4.69, 9.17) is 9.15 Å². The number of carbonyl (C=O) groups is 1. The molecular formula is C22H24N2O3S2. The molecule has 0 radical (unpaired) electrons. The molecule has 3 heterocycles. The second-order valence-electron chi connectivity index (χ2n) is 6.90. The van der Waals surface area contributed by atoms with Crippen LogP contribution in [0.2, 0.25) is 0 Å². The Labute approximate surface area is 179 Å². The normalized spacial score (nSPS) is 15.9. The number of nitrogens with one attached hydrogen (secondary N) is 1. The average Bonchev–Trinajstić information content (AvgIpc) is 3.40. The van der Waals surface area contributed by atoms with Crippen LogP contribution in [-0.2, 0) is 4.74 Å². The molecule has 7 heteroatoms. The van der Waals surface area contributed by atoms with Crippen molar-refractivity contribution in [3.63, 3.8) is 0 Å². The second kappa shape index (κ2) is 9.17. The molecule has 4 rings (SSSR count). The summed E-state index contributed by atoms with van der Waals surface area (Å²) in [5.74, 6) is 0.0887. The molecule has 0 spiro atoms. The highest BCUT2D eigenvalue weighted by atomic mass is 32.2. The number of amides is 1. The Morgan fingerprint density at radius 2 is 1.97 bits per heavy atom. The molecule has 1 atom stereocenters. The molecule has 29 heavy (non-hydrogen) atoms. The van der Waals surface area contributed by atoms with Gasteiger partial charge in [-0.1, -0.05) is 12.1 Å². The van der Waals surface area contributed by atoms with Crippen LogP contribution in [0.1, 0.15) is 32.6 Å². The third-order valence-electron chi connectivity index (χ3n) is 4.99. The van der Waals surface area contributed by atoms with Gasteiger partial charge >= 0.3 is 0 Å². The lowest BCUT2D eigenvalue weighted by Gasteiger charge is -2.35. The third kappa shape index (κ3) is 4.59. The highest BCUT2D eigenvalue weighted by Gasteiger charge is 2.28. The number of rotatable bonds is 6. The van der Waals surface area contributed by atoms with Gasteiger partial charge in [-0.15, -0.1) is 23.1 Å². The van der Waals surface area contributed by atoms with Crippen LogP contribution in [0.25, 0.3) is 0 Å². The van der Waals surface area contributed by atoms with Gasteiger partial charge < -0.3 is 14.5 Å². The van der Waals surface area contributed by atoms with Gasteiger partial charge in [0.2, 0.25) is 0 Å². The first kappa shape index (κ1) is 20.2. The van der Waals surface area contributed by atoms with Gasteiger partial charge in [0.1, 0.15) is 5.00 Å². The Hall–Kier alpha value is -2.06. The fraction of sp³-hybridized carbons (Fsp3) is 0.318. The molecule has 1 fully saturated rings. The lowest BCUT2D eigenvalue weighted by atomic mass is 9.98. The van der Waals surface area contributed by atoms with Crippen LogP contribution in [0.5, 0.6) is 0 Å². The van der Waals surface area contributed by atoms with E-state index in [1.54, 1.807) is 35.2 Å². The smallest absolute Gasteiger partial charge is 0.291 e. The number of hydrogen-bond acceptors (Lipinski definition) is 6. The van der Waals surface area contributed by atoms with E-state index >= 15 is 0 Å². The summed E-state index contributed by atoms with van der Waals surface area (Å²) in [6, 6.07) is 14.3. The molecule has 0 saturated carbocycles. The molecule has 5 nitrogen and oxygen atoms in total. The number of aryl methyl sites for hydroxylation is 1. The van der Waals surface area contributed by atoms with Crippen LogP contribution in [0.15, 0.2) is 58.0 Å². The van der Waals surface area contributed by atoms with Crippen molar-refractivity contribution in [2.75, 3.05) is 37.9 Å². The minimum atomic E-state index is -0.225. The van der Waals surface area contributed by atoms with E-state index in [2.05, 4.69) is 53.7 Å². The van der Waals surface area contributed by atoms with Crippen LogP contribution in [-0.4, -0.2) is 43.4 Å². The molecule has 0 aliphatic carbocycles. The monoisotopic (exact) mass is 428 g/mol. The number of morpholine rings is 1. The van der Waals surface area contributed by atoms with Crippen LogP contribution in [0.3, 0.4) is 0 Å². The summed E-state index contributed by atoms with van der Waals surface area (Å²) in [4.78, 5) is 17.5. The van der Waals surface area contributed by atoms with E-state index in [0.717, 1.165) is 41.7 Å². The van der Waals surface area contributed by atoms with Gasteiger partial charge in [-0.2, -0.15) is 0 Å². The minimum absolute atomic E-state index is 0.0617. The van der Waals surface area contributed by atoms with E-state index < -0.39 is 0 Å². The number of benzene rings is 1. The van der Waals surface area contributed by atoms with Crippen molar-refractivity contribution >= 4 is 34.0 Å². The average molecular weight is 429 g/mol. The van der Waals surface area contributed by atoms with Gasteiger partial charge in [0.25, 0.3) is 5.91 Å². The highest BCUT2D eigenvalue weighted by molar-refractivity contribution is 7.98. The van der Waals surface area contributed by atoms with E-state index in [0.29, 0.717) is 5.76 Å². The zero-order chi connectivity index (χ0) is 20.2. The molecule has 3 aromatic rings. The van der Waals surface area contributed by atoms with Gasteiger partial charge in [-0.25, -0.2) is 0 Å². The Morgan fingerprint density at radius 1 is 1.21 bits per heavy atom. The van der Waals surface area contributed by atoms with E-state index in [9.17, 15) is 4.79 Å². The lowest BCUT2D eigenvalue weighted by Crippen LogP contribution is -2.39. The molecular weight excluding hydrogens is 404 g/mol. The summed E-state index contributed by atoms with van der Waals surface area (Å²) in [5.41, 5.74) is 2.34. The third-order valence-corrected chi connectivity index (χ3v) is 6.72. The maximum atomic E-state index is 12.6. The van der Waals surface area contributed by atoms with Crippen molar-refractivity contribution in [2.24, 2.45) is 0 Å². The van der Waals surface area contributed by atoms with Gasteiger partial charge in [-0.3, -0.25) is 9.69 Å². The fourth-order valence-corrected chi connectivity index (χ4v) is 4.96. The molecule has 1 aliphatic rings. The lowest BCUT2D eigenvalue weighted by molar-refractivity contribution is 0.0241. The van der Waals surface area contributed by atoms with Crippen LogP contribution < -0.4 is 5.32 Å². The van der Waals surface area contributed by atoms with Crippen molar-refractivity contribution in [3.8, 4) is 0 Å². The first-order chi connectivity index (χ1) is 14.2. The van der Waals surface area contributed by atoms with Gasteiger partial charge in [0.05, 0.1) is 25.5 Å². The topological polar surface area (TPSA) is 54.7 Å². The molecule has 1 N–H and O–H groups in total. The zero-order valence-electron chi connectivity index (χ0n) is 16.5. The van der Waals surface area contributed by atoms with Crippen LogP contribution in [0.4, 0.5) is 5.00 Å². The molecule has 1 amide bonds. The zero-order valence-corrected chi connectivity index (χ0v) is 18.1. The van der Waals surface area contributed by atoms with E-state index in [1.165, 1.54) is 16.7 Å². The number of nitrogens with zero attached hydrogens (tertiary/aromatic N) is 1. The maximum Gasteiger partial charge on any atom is 0.291 e. The first-order valence-electron chi connectivity index (χ1n) is 9.56. The van der Waals surface area contributed by atoms with E-state index in [1.807, 2.05) is 0 Å². The number of furan rings is 1. The number of thiophene rings is 1. The summed E-state index contributed by atoms with van der Waals surface area (Å²) in [7, 11) is 0. The van der Waals surface area contributed by atoms with E-state index in [-0.39, 0.29) is 11.9 Å². The van der Waals surface area contributed by atoms with Crippen molar-refractivity contribution < 1.29 is 13.9 Å². The SMILES string of the molecule is CSc1ccc(C(c2cc(C)sc2NC(=O)c2ccco2)N2CCOCC2)cc1. The summed E-state index contributed by atoms with van der Waals surface area (Å²) >= 11 is 3.33. The largest absolute Gasteiger partial charge is 0.459 e. The fourth-order valence-electron chi connectivity index (χ4n) is 3.62. The summed E-state index contributed by atoms with van der Waals surface area (Å²) < 4.78 is 10.8.